The number of halogens is 7. The number of carbonyl (C=O) groups excluding carboxylic acids is 5. The first-order valence-electron chi connectivity index (χ1n) is 25.6. The van der Waals surface area contributed by atoms with Crippen molar-refractivity contribution in [1.82, 2.24) is 9.80 Å². The summed E-state index contributed by atoms with van der Waals surface area (Å²) in [5, 5.41) is 11.5. The molecule has 12 nitrogen and oxygen atoms in total. The minimum Gasteiger partial charge on any atom is -1.00 e. The molecule has 1 atom stereocenters. The van der Waals surface area contributed by atoms with Gasteiger partial charge in [0.15, 0.2) is 5.78 Å². The maximum atomic E-state index is 13.9. The molecular formula is C60H69F6IMgN4O8. The Balaban J connectivity index is 0.000000332. The van der Waals surface area contributed by atoms with Crippen LogP contribution in [0, 0.1) is 30.1 Å². The third-order valence-electron chi connectivity index (χ3n) is 15.8. The number of alkyl halides is 6. The van der Waals surface area contributed by atoms with E-state index in [0.717, 1.165) is 49.9 Å². The molecular weight excluding hydrogens is 1170 g/mol. The van der Waals surface area contributed by atoms with Crippen LogP contribution >= 0.6 is 0 Å². The zero-order valence-electron chi connectivity index (χ0n) is 46.9. The van der Waals surface area contributed by atoms with Crippen LogP contribution in [0.1, 0.15) is 159 Å². The number of hydrogen-bond donors (Lipinski definition) is 1. The van der Waals surface area contributed by atoms with Gasteiger partial charge < -0.3 is 55.8 Å². The molecule has 0 saturated heterocycles. The average Bonchev–Trinajstić information content (AvgIpc) is 3.79. The molecule has 2 heterocycles. The predicted octanol–water partition coefficient (Wildman–Crippen LogP) is 8.98. The number of nitrogens with zero attached hydrogens (tertiary/aromatic N) is 4. The Labute approximate surface area is 497 Å². The number of hydrogen-bond acceptors (Lipinski definition) is 10. The number of benzene rings is 4. The van der Waals surface area contributed by atoms with E-state index in [-0.39, 0.29) is 112 Å². The number of amides is 2. The summed E-state index contributed by atoms with van der Waals surface area (Å²) in [4.78, 5) is 76.9. The number of methoxy groups -OCH3 is 2. The van der Waals surface area contributed by atoms with Crippen molar-refractivity contribution >= 4 is 64.0 Å². The molecule has 80 heavy (non-hydrogen) atoms. The van der Waals surface area contributed by atoms with Gasteiger partial charge in [-0.1, -0.05) is 90.1 Å². The van der Waals surface area contributed by atoms with Gasteiger partial charge in [0, 0.05) is 16.7 Å². The SMILES string of the molecule is COC(=O)c1ccc(C(=O)CN2C(=O)C(c3cccc(C(F)(F)F)c3)=NC23CCC(C(C)(C)C)CC3)cc1.COC(=O)c1ccc(C(C)(O)CN2C(=O)C(c3cccc(C(F)(F)F)c3)=NC23CCC(C(C)(C)C)CC3)cc1.[CH3-].[I-].[Mg+2]. The molecule has 2 aliphatic carbocycles. The molecule has 0 bridgehead atoms. The smallest absolute Gasteiger partial charge is 1.00 e. The maximum absolute atomic E-state index is 13.9. The molecule has 2 amide bonds. The van der Waals surface area contributed by atoms with Crippen molar-refractivity contribution in [2.24, 2.45) is 32.7 Å². The zero-order valence-corrected chi connectivity index (χ0v) is 50.5. The summed E-state index contributed by atoms with van der Waals surface area (Å²) in [6, 6.07) is 21.5. The van der Waals surface area contributed by atoms with E-state index in [1.807, 2.05) is 0 Å². The number of aliphatic hydroxyl groups is 1. The Hall–Kier alpha value is -5.19. The predicted molar refractivity (Wildman–Crippen MR) is 289 cm³/mol. The van der Waals surface area contributed by atoms with Crippen molar-refractivity contribution in [3.05, 3.63) is 149 Å². The van der Waals surface area contributed by atoms with E-state index in [1.165, 1.54) is 84.7 Å². The Morgan fingerprint density at radius 2 is 0.925 bits per heavy atom. The Morgan fingerprint density at radius 1 is 0.575 bits per heavy atom. The van der Waals surface area contributed by atoms with Gasteiger partial charge >= 0.3 is 47.3 Å². The molecule has 1 N–H and O–H groups in total. The average molecular weight is 1240 g/mol. The van der Waals surface area contributed by atoms with Gasteiger partial charge in [0.05, 0.1) is 49.6 Å². The minimum absolute atomic E-state index is 0. The number of carbonyl (C=O) groups is 5. The molecule has 4 aromatic carbocycles. The van der Waals surface area contributed by atoms with E-state index < -0.39 is 64.2 Å². The Bertz CT molecular complexity index is 2950. The number of Topliss-reactive ketones (excluding diaryl/α,β-unsaturated/α-hetero) is 1. The zero-order chi connectivity index (χ0) is 56.7. The first-order chi connectivity index (χ1) is 35.8. The fourth-order valence-corrected chi connectivity index (χ4v) is 11.0. The largest absolute Gasteiger partial charge is 2.00 e. The van der Waals surface area contributed by atoms with Crippen LogP contribution in [0.25, 0.3) is 0 Å². The standard InChI is InChI=1S/C30H35F3N2O4.C29H31F3N2O4.CH3.HI.Mg/c1-27(2,3)21-13-15-29(16-14-21)34-24(20-7-6-8-23(17-20)30(31,32)33)25(36)35(29)18-28(4,38)22-11-9-19(10-12-22)26(37)39-5;1-27(2,3)21-12-14-28(15-13-21)33-24(20-6-5-7-22(16-20)29(30,31)32)25(36)34(28)17-23(35)18-8-10-19(11-9-18)26(37)38-4;;;/h6-12,17,21,38H,13-16,18H2,1-5H3;5-11,16,21H,12-15,17H2,1-4H3;1H3;1H;/q;;-1;;+2/p-1. The number of ketones is 1. The number of aliphatic imine (C=N–C) groups is 2. The van der Waals surface area contributed by atoms with Crippen LogP contribution in [0.15, 0.2) is 107 Å². The van der Waals surface area contributed by atoms with Crippen molar-refractivity contribution in [3.63, 3.8) is 0 Å². The fraction of sp³-hybridized carbons (Fsp3) is 0.467. The van der Waals surface area contributed by atoms with E-state index in [2.05, 4.69) is 46.3 Å². The monoisotopic (exact) mass is 1240 g/mol. The summed E-state index contributed by atoms with van der Waals surface area (Å²) >= 11 is 0. The molecule has 1 unspecified atom stereocenters. The van der Waals surface area contributed by atoms with Gasteiger partial charge in [-0.15, -0.1) is 0 Å². The van der Waals surface area contributed by atoms with E-state index in [9.17, 15) is 55.4 Å². The van der Waals surface area contributed by atoms with Gasteiger partial charge in [-0.2, -0.15) is 26.3 Å². The second-order valence-corrected chi connectivity index (χ2v) is 22.9. The van der Waals surface area contributed by atoms with Crippen molar-refractivity contribution in [2.75, 3.05) is 27.3 Å². The van der Waals surface area contributed by atoms with E-state index in [0.29, 0.717) is 54.2 Å². The van der Waals surface area contributed by atoms with Crippen molar-refractivity contribution in [1.29, 1.82) is 0 Å². The summed E-state index contributed by atoms with van der Waals surface area (Å²) in [6.45, 7) is 14.2. The number of β-amino-alcohol motifs (C(OH)–C–C–N with tert-alkyl or cyclic N) is 1. The molecule has 8 rings (SSSR count). The third kappa shape index (κ3) is 14.7. The summed E-state index contributed by atoms with van der Waals surface area (Å²) in [6.07, 6.45) is -3.88. The first-order valence-corrected chi connectivity index (χ1v) is 25.6. The van der Waals surface area contributed by atoms with Gasteiger partial charge in [0.25, 0.3) is 11.8 Å². The number of ether oxygens (including phenoxy) is 2. The van der Waals surface area contributed by atoms with Gasteiger partial charge in [-0.25, -0.2) is 9.59 Å². The molecule has 2 aliphatic heterocycles. The number of rotatable bonds is 10. The van der Waals surface area contributed by atoms with Gasteiger partial charge in [0.2, 0.25) is 0 Å². The molecule has 4 aliphatic rings. The minimum atomic E-state index is -4.56. The summed E-state index contributed by atoms with van der Waals surface area (Å²) in [7, 11) is 2.54. The molecule has 428 valence electrons. The first kappa shape index (κ1) is 67.3. The summed E-state index contributed by atoms with van der Waals surface area (Å²) in [5.74, 6) is -1.67. The molecule has 0 aromatic heterocycles. The van der Waals surface area contributed by atoms with Crippen LogP contribution in [-0.4, -0.2) is 118 Å². The van der Waals surface area contributed by atoms with Crippen molar-refractivity contribution in [3.8, 4) is 0 Å². The molecule has 2 spiro atoms. The van der Waals surface area contributed by atoms with Crippen molar-refractivity contribution in [2.45, 2.75) is 129 Å². The maximum Gasteiger partial charge on any atom is 2.00 e. The van der Waals surface area contributed by atoms with Crippen LogP contribution < -0.4 is 24.0 Å². The summed E-state index contributed by atoms with van der Waals surface area (Å²) < 4.78 is 89.9. The van der Waals surface area contributed by atoms with Crippen LogP contribution in [-0.2, 0) is 37.0 Å². The molecule has 2 saturated carbocycles. The topological polar surface area (TPSA) is 155 Å². The second kappa shape index (κ2) is 25.5. The second-order valence-electron chi connectivity index (χ2n) is 22.9. The van der Waals surface area contributed by atoms with E-state index in [4.69, 9.17) is 14.7 Å². The Morgan fingerprint density at radius 3 is 1.29 bits per heavy atom. The van der Waals surface area contributed by atoms with Crippen LogP contribution in [0.2, 0.25) is 0 Å². The Kier molecular flexibility index (Phi) is 21.5. The molecule has 2 fully saturated rings. The van der Waals surface area contributed by atoms with E-state index >= 15 is 0 Å². The van der Waals surface area contributed by atoms with Gasteiger partial charge in [-0.05, 0) is 135 Å². The molecule has 4 aromatic rings. The van der Waals surface area contributed by atoms with Crippen LogP contribution in [0.5, 0.6) is 0 Å². The number of esters is 2. The normalized spacial score (nSPS) is 21.9. The van der Waals surface area contributed by atoms with Gasteiger partial charge in [-0.3, -0.25) is 24.4 Å². The van der Waals surface area contributed by atoms with E-state index in [1.54, 1.807) is 19.1 Å². The van der Waals surface area contributed by atoms with Gasteiger partial charge in [0.1, 0.15) is 28.4 Å². The summed E-state index contributed by atoms with van der Waals surface area (Å²) in [5.41, 5.74) is -3.56. The van der Waals surface area contributed by atoms with Crippen LogP contribution in [0.4, 0.5) is 26.3 Å². The van der Waals surface area contributed by atoms with Crippen molar-refractivity contribution < 1.29 is 88.9 Å². The molecule has 0 radical (unpaired) electrons. The fourth-order valence-electron chi connectivity index (χ4n) is 11.0. The van der Waals surface area contributed by atoms with Crippen LogP contribution in [0.3, 0.4) is 0 Å². The molecule has 20 heteroatoms. The third-order valence-corrected chi connectivity index (χ3v) is 15.8. The quantitative estimate of drug-likeness (QED) is 0.0412.